The van der Waals surface area contributed by atoms with E-state index in [1.54, 1.807) is 43.3 Å². The molecular formula is C29H32Cl3N3O4S. The Hall–Kier alpha value is -2.78. The van der Waals surface area contributed by atoms with E-state index in [0.29, 0.717) is 17.0 Å². The van der Waals surface area contributed by atoms with Gasteiger partial charge in [0.25, 0.3) is 10.0 Å². The summed E-state index contributed by atoms with van der Waals surface area (Å²) in [5.74, 6) is -0.998. The van der Waals surface area contributed by atoms with Crippen LogP contribution in [0.3, 0.4) is 0 Å². The number of amides is 2. The van der Waals surface area contributed by atoms with Gasteiger partial charge in [0, 0.05) is 22.6 Å². The highest BCUT2D eigenvalue weighted by Gasteiger charge is 2.34. The van der Waals surface area contributed by atoms with Crippen molar-refractivity contribution in [2.24, 2.45) is 0 Å². The maximum absolute atomic E-state index is 14.0. The third-order valence-electron chi connectivity index (χ3n) is 6.53. The van der Waals surface area contributed by atoms with E-state index in [1.807, 2.05) is 20.8 Å². The molecule has 2 amide bonds. The molecule has 0 aliphatic heterocycles. The molecule has 0 heterocycles. The number of anilines is 1. The number of sulfonamides is 1. The summed E-state index contributed by atoms with van der Waals surface area (Å²) in [7, 11) is -4.27. The zero-order valence-corrected chi connectivity index (χ0v) is 25.8. The van der Waals surface area contributed by atoms with Crippen molar-refractivity contribution in [3.05, 3.63) is 92.9 Å². The van der Waals surface area contributed by atoms with Crippen LogP contribution >= 0.6 is 34.8 Å². The van der Waals surface area contributed by atoms with Crippen LogP contribution in [0.4, 0.5) is 5.69 Å². The number of nitrogens with one attached hydrogen (secondary N) is 1. The van der Waals surface area contributed by atoms with Crippen LogP contribution in [0.5, 0.6) is 0 Å². The molecule has 0 spiro atoms. The van der Waals surface area contributed by atoms with Crippen molar-refractivity contribution in [3.8, 4) is 0 Å². The number of rotatable bonds is 11. The molecule has 0 aromatic heterocycles. The fourth-order valence-electron chi connectivity index (χ4n) is 3.89. The third kappa shape index (κ3) is 7.69. The number of aryl methyl sites for hydroxylation is 1. The van der Waals surface area contributed by atoms with E-state index in [0.717, 1.165) is 9.87 Å². The summed E-state index contributed by atoms with van der Waals surface area (Å²) < 4.78 is 28.8. The summed E-state index contributed by atoms with van der Waals surface area (Å²) in [6.45, 7) is 6.57. The fraction of sp³-hybridized carbons (Fsp3) is 0.310. The Bertz CT molecular complexity index is 1470. The molecule has 0 bridgehead atoms. The van der Waals surface area contributed by atoms with Crippen LogP contribution in [-0.4, -0.2) is 43.8 Å². The highest BCUT2D eigenvalue weighted by atomic mass is 35.5. The van der Waals surface area contributed by atoms with Crippen LogP contribution in [0.1, 0.15) is 38.3 Å². The van der Waals surface area contributed by atoms with Crippen LogP contribution in [0, 0.1) is 6.92 Å². The predicted molar refractivity (Wildman–Crippen MR) is 162 cm³/mol. The van der Waals surface area contributed by atoms with E-state index in [2.05, 4.69) is 5.32 Å². The summed E-state index contributed by atoms with van der Waals surface area (Å²) in [6, 6.07) is 16.5. The van der Waals surface area contributed by atoms with E-state index >= 15 is 0 Å². The number of benzene rings is 3. The standard InChI is InChI=1S/C29H32Cl3N3O4S/c1-5-20(3)33-29(37)21(4)34(17-22-8-6-7-9-25(22)31)28(36)18-35(27-16-23(30)12-15-26(27)32)40(38,39)24-13-10-19(2)11-14-24/h6-16,20-21H,5,17-18H2,1-4H3,(H,33,37)/t20-,21+/m1/s1. The molecular weight excluding hydrogens is 593 g/mol. The molecule has 0 aliphatic rings. The minimum atomic E-state index is -4.27. The summed E-state index contributed by atoms with van der Waals surface area (Å²) >= 11 is 19.0. The average Bonchev–Trinajstić information content (AvgIpc) is 2.92. The molecule has 3 rings (SSSR count). The minimum absolute atomic E-state index is 0.0186. The van der Waals surface area contributed by atoms with Gasteiger partial charge in [0.2, 0.25) is 11.8 Å². The van der Waals surface area contributed by atoms with Gasteiger partial charge in [0.05, 0.1) is 15.6 Å². The molecule has 214 valence electrons. The maximum Gasteiger partial charge on any atom is 0.264 e. The molecule has 0 aliphatic carbocycles. The van der Waals surface area contributed by atoms with Crippen molar-refractivity contribution in [2.75, 3.05) is 10.8 Å². The number of carbonyl (C=O) groups is 2. The number of halogens is 3. The second-order valence-electron chi connectivity index (χ2n) is 9.53. The summed E-state index contributed by atoms with van der Waals surface area (Å²) in [6.07, 6.45) is 0.701. The van der Waals surface area contributed by atoms with Crippen molar-refractivity contribution in [2.45, 2.75) is 57.6 Å². The first kappa shape index (κ1) is 31.7. The van der Waals surface area contributed by atoms with Crippen LogP contribution in [-0.2, 0) is 26.2 Å². The molecule has 1 N–H and O–H groups in total. The second kappa shape index (κ2) is 13.7. The highest BCUT2D eigenvalue weighted by Crippen LogP contribution is 2.33. The number of hydrogen-bond acceptors (Lipinski definition) is 4. The first-order valence-corrected chi connectivity index (χ1v) is 15.3. The SMILES string of the molecule is CC[C@@H](C)NC(=O)[C@H](C)N(Cc1ccccc1Cl)C(=O)CN(c1cc(Cl)ccc1Cl)S(=O)(=O)c1ccc(C)cc1. The van der Waals surface area contributed by atoms with Gasteiger partial charge in [-0.1, -0.05) is 77.6 Å². The molecule has 0 unspecified atom stereocenters. The first-order valence-electron chi connectivity index (χ1n) is 12.7. The van der Waals surface area contributed by atoms with Gasteiger partial charge in [-0.3, -0.25) is 13.9 Å². The molecule has 0 saturated heterocycles. The van der Waals surface area contributed by atoms with E-state index in [9.17, 15) is 18.0 Å². The zero-order valence-electron chi connectivity index (χ0n) is 22.7. The van der Waals surface area contributed by atoms with Crippen LogP contribution in [0.25, 0.3) is 0 Å². The first-order chi connectivity index (χ1) is 18.8. The Kier molecular flexibility index (Phi) is 10.9. The van der Waals surface area contributed by atoms with Crippen molar-refractivity contribution in [1.82, 2.24) is 10.2 Å². The Morgan fingerprint density at radius 1 is 0.925 bits per heavy atom. The quantitative estimate of drug-likeness (QED) is 0.265. The topological polar surface area (TPSA) is 86.8 Å². The number of nitrogens with zero attached hydrogens (tertiary/aromatic N) is 2. The van der Waals surface area contributed by atoms with Crippen molar-refractivity contribution < 1.29 is 18.0 Å². The fourth-order valence-corrected chi connectivity index (χ4v) is 5.94. The van der Waals surface area contributed by atoms with E-state index in [1.165, 1.54) is 35.2 Å². The number of carbonyl (C=O) groups excluding carboxylic acids is 2. The molecule has 3 aromatic carbocycles. The van der Waals surface area contributed by atoms with Gasteiger partial charge in [-0.2, -0.15) is 0 Å². The molecule has 11 heteroatoms. The van der Waals surface area contributed by atoms with E-state index in [-0.39, 0.29) is 39.1 Å². The van der Waals surface area contributed by atoms with E-state index < -0.39 is 28.5 Å². The van der Waals surface area contributed by atoms with Gasteiger partial charge < -0.3 is 10.2 Å². The van der Waals surface area contributed by atoms with Crippen LogP contribution < -0.4 is 9.62 Å². The van der Waals surface area contributed by atoms with Crippen molar-refractivity contribution >= 4 is 62.3 Å². The van der Waals surface area contributed by atoms with Crippen molar-refractivity contribution in [1.29, 1.82) is 0 Å². The lowest BCUT2D eigenvalue weighted by molar-refractivity contribution is -0.139. The molecule has 2 atom stereocenters. The third-order valence-corrected chi connectivity index (χ3v) is 9.23. The van der Waals surface area contributed by atoms with Gasteiger partial charge in [-0.05, 0) is 69.2 Å². The largest absolute Gasteiger partial charge is 0.352 e. The monoisotopic (exact) mass is 623 g/mol. The Morgan fingerprint density at radius 2 is 1.57 bits per heavy atom. The number of hydrogen-bond donors (Lipinski definition) is 1. The predicted octanol–water partition coefficient (Wildman–Crippen LogP) is 6.48. The Morgan fingerprint density at radius 3 is 2.20 bits per heavy atom. The molecule has 7 nitrogen and oxygen atoms in total. The van der Waals surface area contributed by atoms with Crippen LogP contribution in [0.2, 0.25) is 15.1 Å². The Labute approximate surface area is 251 Å². The lowest BCUT2D eigenvalue weighted by Gasteiger charge is -2.33. The van der Waals surface area contributed by atoms with Gasteiger partial charge in [-0.15, -0.1) is 0 Å². The second-order valence-corrected chi connectivity index (χ2v) is 12.6. The van der Waals surface area contributed by atoms with Gasteiger partial charge >= 0.3 is 0 Å². The summed E-state index contributed by atoms with van der Waals surface area (Å²) in [5, 5.41) is 3.64. The van der Waals surface area contributed by atoms with Gasteiger partial charge in [0.1, 0.15) is 12.6 Å². The highest BCUT2D eigenvalue weighted by molar-refractivity contribution is 7.92. The van der Waals surface area contributed by atoms with Gasteiger partial charge in [0.15, 0.2) is 0 Å². The maximum atomic E-state index is 14.0. The van der Waals surface area contributed by atoms with E-state index in [4.69, 9.17) is 34.8 Å². The molecule has 0 saturated carbocycles. The molecule has 0 radical (unpaired) electrons. The molecule has 3 aromatic rings. The zero-order chi connectivity index (χ0) is 29.6. The molecule has 40 heavy (non-hydrogen) atoms. The minimum Gasteiger partial charge on any atom is -0.352 e. The van der Waals surface area contributed by atoms with Crippen molar-refractivity contribution in [3.63, 3.8) is 0 Å². The lowest BCUT2D eigenvalue weighted by Crippen LogP contribution is -2.52. The summed E-state index contributed by atoms with van der Waals surface area (Å²) in [5.41, 5.74) is 1.52. The summed E-state index contributed by atoms with van der Waals surface area (Å²) in [4.78, 5) is 28.4. The molecule has 0 fully saturated rings. The van der Waals surface area contributed by atoms with Crippen LogP contribution in [0.15, 0.2) is 71.6 Å². The normalized spacial score (nSPS) is 12.9. The van der Waals surface area contributed by atoms with Gasteiger partial charge in [-0.25, -0.2) is 8.42 Å². The average molecular weight is 625 g/mol. The smallest absolute Gasteiger partial charge is 0.264 e. The lowest BCUT2D eigenvalue weighted by atomic mass is 10.1. The Balaban J connectivity index is 2.08.